The van der Waals surface area contributed by atoms with Crippen LogP contribution >= 0.6 is 0 Å². The van der Waals surface area contributed by atoms with Crippen molar-refractivity contribution in [2.24, 2.45) is 0 Å². The van der Waals surface area contributed by atoms with Crippen molar-refractivity contribution in [2.75, 3.05) is 0 Å². The smallest absolute Gasteiger partial charge is 0.0394 e. The van der Waals surface area contributed by atoms with Crippen LogP contribution < -0.4 is 0 Å². The fourth-order valence-corrected chi connectivity index (χ4v) is 1.62. The number of nitrogens with one attached hydrogen (secondary N) is 1. The molecule has 1 aromatic heterocycles. The van der Waals surface area contributed by atoms with E-state index in [4.69, 9.17) is 0 Å². The van der Waals surface area contributed by atoms with Gasteiger partial charge in [-0.25, -0.2) is 0 Å². The number of aromatic nitrogens is 1. The second kappa shape index (κ2) is 2.36. The van der Waals surface area contributed by atoms with Gasteiger partial charge in [0.1, 0.15) is 0 Å². The molecule has 0 unspecified atom stereocenters. The van der Waals surface area contributed by atoms with E-state index in [-0.39, 0.29) is 5.54 Å². The van der Waals surface area contributed by atoms with Crippen LogP contribution in [0.25, 0.3) is 0 Å². The molecule has 0 amide bonds. The maximum Gasteiger partial charge on any atom is 0.0394 e. The highest BCUT2D eigenvalue weighted by Gasteiger charge is 2.25. The van der Waals surface area contributed by atoms with Gasteiger partial charge in [0.15, 0.2) is 0 Å². The predicted octanol–water partition coefficient (Wildman–Crippen LogP) is 2.13. The van der Waals surface area contributed by atoms with Crippen molar-refractivity contribution < 1.29 is 0 Å². The summed E-state index contributed by atoms with van der Waals surface area (Å²) in [6.45, 7) is 8.91. The van der Waals surface area contributed by atoms with E-state index in [1.807, 2.05) is 0 Å². The molecule has 2 rings (SSSR count). The Labute approximate surface area is 73.6 Å². The molecular weight excluding hydrogens is 148 g/mol. The van der Waals surface area contributed by atoms with Crippen molar-refractivity contribution >= 4 is 0 Å². The van der Waals surface area contributed by atoms with Crippen LogP contribution in [0.1, 0.15) is 32.2 Å². The Hall–Kier alpha value is -0.760. The summed E-state index contributed by atoms with van der Waals surface area (Å²) < 4.78 is 0. The van der Waals surface area contributed by atoms with Crippen molar-refractivity contribution in [3.05, 3.63) is 23.5 Å². The zero-order valence-corrected chi connectivity index (χ0v) is 8.02. The van der Waals surface area contributed by atoms with Crippen LogP contribution in [-0.2, 0) is 13.1 Å². The number of aromatic amines is 1. The Kier molecular flexibility index (Phi) is 1.55. The lowest BCUT2D eigenvalue weighted by Gasteiger charge is -2.36. The van der Waals surface area contributed by atoms with E-state index in [0.717, 1.165) is 13.1 Å². The molecule has 1 aliphatic rings. The predicted molar refractivity (Wildman–Crippen MR) is 49.8 cm³/mol. The topological polar surface area (TPSA) is 19.0 Å². The fourth-order valence-electron chi connectivity index (χ4n) is 1.62. The monoisotopic (exact) mass is 164 g/mol. The number of hydrogen-bond acceptors (Lipinski definition) is 1. The normalized spacial score (nSPS) is 18.2. The van der Waals surface area contributed by atoms with E-state index < -0.39 is 0 Å². The SMILES string of the molecule is CC(C)(C)N1Cc2ccc([nH]2)C1. The van der Waals surface area contributed by atoms with Gasteiger partial charge in [0.25, 0.3) is 0 Å². The molecule has 2 bridgehead atoms. The highest BCUT2D eigenvalue weighted by Crippen LogP contribution is 2.23. The third-order valence-corrected chi connectivity index (χ3v) is 2.48. The fraction of sp³-hybridized carbons (Fsp3) is 0.600. The molecule has 1 N–H and O–H groups in total. The quantitative estimate of drug-likeness (QED) is 0.622. The first-order chi connectivity index (χ1) is 5.55. The minimum Gasteiger partial charge on any atom is -0.360 e. The largest absolute Gasteiger partial charge is 0.360 e. The summed E-state index contributed by atoms with van der Waals surface area (Å²) in [7, 11) is 0. The van der Waals surface area contributed by atoms with Gasteiger partial charge in [-0.3, -0.25) is 4.90 Å². The summed E-state index contributed by atoms with van der Waals surface area (Å²) in [5, 5.41) is 0. The van der Waals surface area contributed by atoms with Gasteiger partial charge < -0.3 is 4.98 Å². The second-order valence-corrected chi connectivity index (χ2v) is 4.54. The third kappa shape index (κ3) is 1.27. The van der Waals surface area contributed by atoms with E-state index >= 15 is 0 Å². The molecular formula is C10H16N2. The summed E-state index contributed by atoms with van der Waals surface area (Å²) in [5.41, 5.74) is 2.96. The zero-order valence-electron chi connectivity index (χ0n) is 8.02. The zero-order chi connectivity index (χ0) is 8.77. The summed E-state index contributed by atoms with van der Waals surface area (Å²) in [6.07, 6.45) is 0. The van der Waals surface area contributed by atoms with Gasteiger partial charge in [0.2, 0.25) is 0 Å². The highest BCUT2D eigenvalue weighted by molar-refractivity contribution is 5.17. The standard InChI is InChI=1S/C10H16N2/c1-10(2,3)12-6-8-4-5-9(7-12)11-8/h4-5,11H,6-7H2,1-3H3. The summed E-state index contributed by atoms with van der Waals surface area (Å²) in [5.74, 6) is 0. The van der Waals surface area contributed by atoms with Crippen molar-refractivity contribution in [1.82, 2.24) is 9.88 Å². The molecule has 1 aliphatic heterocycles. The minimum absolute atomic E-state index is 0.282. The number of H-pyrrole nitrogens is 1. The van der Waals surface area contributed by atoms with Gasteiger partial charge in [-0.2, -0.15) is 0 Å². The second-order valence-electron chi connectivity index (χ2n) is 4.54. The summed E-state index contributed by atoms with van der Waals surface area (Å²) in [4.78, 5) is 5.85. The molecule has 0 aliphatic carbocycles. The maximum absolute atomic E-state index is 3.37. The lowest BCUT2D eigenvalue weighted by atomic mass is 10.1. The van der Waals surface area contributed by atoms with Crippen LogP contribution in [0.15, 0.2) is 12.1 Å². The number of hydrogen-bond donors (Lipinski definition) is 1. The van der Waals surface area contributed by atoms with E-state index in [0.29, 0.717) is 0 Å². The maximum atomic E-state index is 3.37. The number of rotatable bonds is 0. The molecule has 0 saturated carbocycles. The van der Waals surface area contributed by atoms with Crippen LogP contribution in [0.4, 0.5) is 0 Å². The van der Waals surface area contributed by atoms with Crippen molar-refractivity contribution in [1.29, 1.82) is 0 Å². The molecule has 0 atom stereocenters. The minimum atomic E-state index is 0.282. The van der Waals surface area contributed by atoms with Crippen LogP contribution in [0, 0.1) is 0 Å². The molecule has 0 aromatic carbocycles. The van der Waals surface area contributed by atoms with Crippen LogP contribution in [0.2, 0.25) is 0 Å². The lowest BCUT2D eigenvalue weighted by molar-refractivity contribution is 0.109. The van der Waals surface area contributed by atoms with E-state index in [1.54, 1.807) is 0 Å². The molecule has 12 heavy (non-hydrogen) atoms. The first kappa shape index (κ1) is 7.87. The average molecular weight is 164 g/mol. The Morgan fingerprint density at radius 1 is 1.17 bits per heavy atom. The van der Waals surface area contributed by atoms with Gasteiger partial charge in [-0.15, -0.1) is 0 Å². The molecule has 66 valence electrons. The molecule has 2 heterocycles. The van der Waals surface area contributed by atoms with Crippen LogP contribution in [-0.4, -0.2) is 15.4 Å². The first-order valence-electron chi connectivity index (χ1n) is 4.47. The molecule has 0 saturated heterocycles. The van der Waals surface area contributed by atoms with Gasteiger partial charge in [0.05, 0.1) is 0 Å². The third-order valence-electron chi connectivity index (χ3n) is 2.48. The van der Waals surface area contributed by atoms with E-state index in [9.17, 15) is 0 Å². The van der Waals surface area contributed by atoms with Gasteiger partial charge in [-0.05, 0) is 32.9 Å². The number of nitrogens with zero attached hydrogens (tertiary/aromatic N) is 1. The Morgan fingerprint density at radius 3 is 2.08 bits per heavy atom. The summed E-state index contributed by atoms with van der Waals surface area (Å²) >= 11 is 0. The summed E-state index contributed by atoms with van der Waals surface area (Å²) in [6, 6.07) is 4.36. The molecule has 0 spiro atoms. The molecule has 2 heteroatoms. The van der Waals surface area contributed by atoms with Crippen LogP contribution in [0.5, 0.6) is 0 Å². The average Bonchev–Trinajstić information content (AvgIpc) is 2.28. The first-order valence-corrected chi connectivity index (χ1v) is 4.47. The number of fused-ring (bicyclic) bond motifs is 2. The Morgan fingerprint density at radius 2 is 1.67 bits per heavy atom. The molecule has 0 radical (unpaired) electrons. The van der Waals surface area contributed by atoms with Crippen LogP contribution in [0.3, 0.4) is 0 Å². The molecule has 1 aromatic rings. The van der Waals surface area contributed by atoms with Gasteiger partial charge in [0, 0.05) is 30.0 Å². The van der Waals surface area contributed by atoms with Gasteiger partial charge in [-0.1, -0.05) is 0 Å². The van der Waals surface area contributed by atoms with Crippen molar-refractivity contribution in [3.8, 4) is 0 Å². The Balaban J connectivity index is 2.21. The Bertz CT molecular complexity index is 260. The van der Waals surface area contributed by atoms with Crippen molar-refractivity contribution in [3.63, 3.8) is 0 Å². The molecule has 0 fully saturated rings. The highest BCUT2D eigenvalue weighted by atomic mass is 15.2. The molecule has 2 nitrogen and oxygen atoms in total. The van der Waals surface area contributed by atoms with E-state index in [1.165, 1.54) is 11.4 Å². The lowest BCUT2D eigenvalue weighted by Crippen LogP contribution is -2.41. The van der Waals surface area contributed by atoms with Crippen molar-refractivity contribution in [2.45, 2.75) is 39.4 Å². The van der Waals surface area contributed by atoms with E-state index in [2.05, 4.69) is 42.8 Å². The van der Waals surface area contributed by atoms with Gasteiger partial charge >= 0.3 is 0 Å².